The van der Waals surface area contributed by atoms with Crippen molar-refractivity contribution in [1.29, 1.82) is 0 Å². The summed E-state index contributed by atoms with van der Waals surface area (Å²) in [6.45, 7) is 5.73. The second-order valence-corrected chi connectivity index (χ2v) is 7.15. The van der Waals surface area contributed by atoms with Crippen molar-refractivity contribution < 1.29 is 40.5 Å². The van der Waals surface area contributed by atoms with Gasteiger partial charge in [0.15, 0.2) is 0 Å². The van der Waals surface area contributed by atoms with Crippen molar-refractivity contribution in [1.82, 2.24) is 5.32 Å². The van der Waals surface area contributed by atoms with Crippen molar-refractivity contribution in [3.63, 3.8) is 0 Å². The Morgan fingerprint density at radius 3 is 1.77 bits per heavy atom. The summed E-state index contributed by atoms with van der Waals surface area (Å²) in [5, 5.41) is 3.81. The number of ether oxygens (including phenoxy) is 2. The van der Waals surface area contributed by atoms with E-state index in [-0.39, 0.29) is 41.3 Å². The molecule has 2 fully saturated rings. The van der Waals surface area contributed by atoms with Gasteiger partial charge in [-0.2, -0.15) is 0 Å². The summed E-state index contributed by atoms with van der Waals surface area (Å²) in [7, 11) is 0. The van der Waals surface area contributed by atoms with Crippen LogP contribution < -0.4 is 46.3 Å². The molecule has 5 N–H and O–H groups in total. The topological polar surface area (TPSA) is 82.5 Å². The molecule has 0 radical (unpaired) electrons. The van der Waals surface area contributed by atoms with Crippen LogP contribution in [-0.4, -0.2) is 35.6 Å². The van der Waals surface area contributed by atoms with Crippen molar-refractivity contribution in [2.75, 3.05) is 13.2 Å². The van der Waals surface area contributed by atoms with Gasteiger partial charge >= 0.3 is 29.6 Å². The van der Waals surface area contributed by atoms with Crippen LogP contribution >= 0.6 is 24.4 Å². The van der Waals surface area contributed by atoms with Crippen molar-refractivity contribution in [3.8, 4) is 0 Å². The van der Waals surface area contributed by atoms with E-state index in [9.17, 15) is 0 Å². The zero-order valence-corrected chi connectivity index (χ0v) is 20.6. The Morgan fingerprint density at radius 2 is 1.42 bits per heavy atom. The van der Waals surface area contributed by atoms with Gasteiger partial charge in [0.2, 0.25) is 0 Å². The number of rotatable bonds is 4. The van der Waals surface area contributed by atoms with E-state index in [1.807, 2.05) is 6.92 Å². The third kappa shape index (κ3) is 19.1. The molecule has 0 unspecified atom stereocenters. The van der Waals surface area contributed by atoms with Crippen LogP contribution in [0.1, 0.15) is 79.5 Å². The molecule has 2 saturated carbocycles. The minimum absolute atomic E-state index is 0. The Hall–Kier alpha value is 0.340. The Bertz CT molecular complexity index is 355. The van der Waals surface area contributed by atoms with E-state index in [1.165, 1.54) is 51.4 Å². The monoisotopic (exact) mass is 415 g/mol. The Balaban J connectivity index is -0.000000318. The van der Waals surface area contributed by atoms with Crippen LogP contribution in [0.25, 0.3) is 0 Å². The molecule has 0 atom stereocenters. The van der Waals surface area contributed by atoms with Gasteiger partial charge in [-0.1, -0.05) is 32.6 Å². The smallest absolute Gasteiger partial charge is 1.00 e. The number of nitrogens with one attached hydrogen (secondary N) is 1. The van der Waals surface area contributed by atoms with E-state index in [4.69, 9.17) is 16.2 Å². The van der Waals surface area contributed by atoms with Crippen molar-refractivity contribution in [2.24, 2.45) is 11.5 Å². The van der Waals surface area contributed by atoms with Crippen LogP contribution in [0.2, 0.25) is 0 Å². The van der Waals surface area contributed by atoms with Gasteiger partial charge in [-0.25, -0.2) is 0 Å². The summed E-state index contributed by atoms with van der Waals surface area (Å²) in [5.41, 5.74) is 10.1. The Morgan fingerprint density at radius 1 is 0.923 bits per heavy atom. The molecule has 2 aliphatic carbocycles. The van der Waals surface area contributed by atoms with E-state index in [1.54, 1.807) is 0 Å². The molecular weight excluding hydrogens is 377 g/mol. The van der Waals surface area contributed by atoms with Gasteiger partial charge in [-0.05, 0) is 76.4 Å². The Labute approximate surface area is 194 Å². The first kappa shape index (κ1) is 28.5. The first-order valence-electron chi connectivity index (χ1n) is 9.61. The molecule has 26 heavy (non-hydrogen) atoms. The predicted octanol–water partition coefficient (Wildman–Crippen LogP) is 0.891. The zero-order chi connectivity index (χ0) is 18.9. The number of nitrogens with two attached hydrogens (primary N) is 2. The van der Waals surface area contributed by atoms with E-state index >= 15 is 0 Å². The van der Waals surface area contributed by atoms with E-state index in [2.05, 4.69) is 41.4 Å². The average Bonchev–Trinajstić information content (AvgIpc) is 2.57. The molecule has 0 bridgehead atoms. The third-order valence-electron chi connectivity index (χ3n) is 4.22. The Kier molecular flexibility index (Phi) is 22.1. The predicted molar refractivity (Wildman–Crippen MR) is 115 cm³/mol. The first-order valence-corrected chi connectivity index (χ1v) is 10.4. The molecule has 0 aromatic heterocycles. The number of hydrogen-bond donors (Lipinski definition) is 3. The van der Waals surface area contributed by atoms with Gasteiger partial charge in [0.1, 0.15) is 6.10 Å². The summed E-state index contributed by atoms with van der Waals surface area (Å²) in [6.07, 6.45) is 13.6. The van der Waals surface area contributed by atoms with Crippen molar-refractivity contribution in [2.45, 2.75) is 90.2 Å². The average molecular weight is 416 g/mol. The zero-order valence-electron chi connectivity index (χ0n) is 17.9. The van der Waals surface area contributed by atoms with Crippen LogP contribution in [0.4, 0.5) is 0 Å². The van der Waals surface area contributed by atoms with Crippen LogP contribution in [0.15, 0.2) is 0 Å². The molecule has 2 rings (SSSR count). The molecule has 0 spiro atoms. The normalized spacial score (nSPS) is 17.3. The molecule has 0 heterocycles. The molecule has 150 valence electrons. The molecule has 0 amide bonds. The maximum Gasteiger partial charge on any atom is 1.00 e. The quantitative estimate of drug-likeness (QED) is 0.465. The molecule has 0 saturated heterocycles. The SMILES string of the molecule is CCNC1CCCCC1.CCOC(N)=S.NC(=S)OC1CCCCC1.[H-].[Na+]. The summed E-state index contributed by atoms with van der Waals surface area (Å²) < 4.78 is 9.75. The molecule has 0 aromatic carbocycles. The first-order chi connectivity index (χ1) is 12.0. The summed E-state index contributed by atoms with van der Waals surface area (Å²) in [4.78, 5) is 0. The molecule has 5 nitrogen and oxygen atoms in total. The second kappa shape index (κ2) is 20.1. The second-order valence-electron chi connectivity index (χ2n) is 6.34. The van der Waals surface area contributed by atoms with Crippen LogP contribution in [0, 0.1) is 0 Å². The minimum atomic E-state index is 0. The van der Waals surface area contributed by atoms with Gasteiger partial charge in [-0.15, -0.1) is 0 Å². The molecular formula is C18H38N3NaO2S2. The fourth-order valence-corrected chi connectivity index (χ4v) is 3.34. The maximum absolute atomic E-state index is 5.23. The number of thiocarbonyl (C=S) groups is 2. The van der Waals surface area contributed by atoms with Crippen molar-refractivity contribution in [3.05, 3.63) is 0 Å². The van der Waals surface area contributed by atoms with E-state index in [0.717, 1.165) is 25.4 Å². The van der Waals surface area contributed by atoms with Crippen LogP contribution in [-0.2, 0) is 9.47 Å². The van der Waals surface area contributed by atoms with Gasteiger partial charge in [0, 0.05) is 6.04 Å². The third-order valence-corrected chi connectivity index (χ3v) is 4.43. The number of hydrogen-bond acceptors (Lipinski definition) is 5. The van der Waals surface area contributed by atoms with Gasteiger partial charge in [-0.3, -0.25) is 0 Å². The minimum Gasteiger partial charge on any atom is -1.00 e. The van der Waals surface area contributed by atoms with Crippen molar-refractivity contribution >= 4 is 34.8 Å². The molecule has 8 heteroatoms. The van der Waals surface area contributed by atoms with Gasteiger partial charge < -0.3 is 27.7 Å². The molecule has 0 aliphatic heterocycles. The molecule has 0 aromatic rings. The van der Waals surface area contributed by atoms with Gasteiger partial charge in [0.05, 0.1) is 6.61 Å². The fraction of sp³-hybridized carbons (Fsp3) is 0.889. The van der Waals surface area contributed by atoms with Crippen LogP contribution in [0.5, 0.6) is 0 Å². The summed E-state index contributed by atoms with van der Waals surface area (Å²) >= 11 is 8.98. The fourth-order valence-electron chi connectivity index (χ4n) is 3.08. The van der Waals surface area contributed by atoms with Gasteiger partial charge in [0.25, 0.3) is 10.3 Å². The largest absolute Gasteiger partial charge is 1.00 e. The molecule has 2 aliphatic rings. The standard InChI is InChI=1S/C8H17N.C7H13NOS.C3H7NOS.Na.H/c1-2-9-8-6-4-3-5-7-8;8-7(10)9-6-4-2-1-3-5-6;1-2-5-3(4)6;;/h8-9H,2-7H2,1H3;6H,1-5H2,(H2,8,10);2H2,1H3,(H2,4,6);;/q;;;+1;-1. The summed E-state index contributed by atoms with van der Waals surface area (Å²) in [5.74, 6) is 0. The van der Waals surface area contributed by atoms with Crippen LogP contribution in [0.3, 0.4) is 0 Å². The maximum atomic E-state index is 5.23. The van der Waals surface area contributed by atoms with E-state index < -0.39 is 0 Å². The summed E-state index contributed by atoms with van der Waals surface area (Å²) in [6, 6.07) is 0.851. The van der Waals surface area contributed by atoms with E-state index in [0.29, 0.717) is 12.7 Å².